The smallest absolute Gasteiger partial charge is 0.191 e. The van der Waals surface area contributed by atoms with E-state index in [1.807, 2.05) is 6.07 Å². The minimum Gasteiger partial charge on any atom is -0.357 e. The summed E-state index contributed by atoms with van der Waals surface area (Å²) in [6, 6.07) is 10.5. The summed E-state index contributed by atoms with van der Waals surface area (Å²) in [7, 11) is 0. The Labute approximate surface area is 166 Å². The monoisotopic (exact) mass is 458 g/mol. The largest absolute Gasteiger partial charge is 0.357 e. The highest BCUT2D eigenvalue weighted by atomic mass is 127. The standard InChI is InChI=1S/C18H26N4S.HI/c1-4-19-18(20-12-10-16-8-6-5-7-9-16)21-13-11-17-14(2)22-15(3)23-17;/h5-9H,4,10-13H2,1-3H3,(H2,19,20,21);1H. The number of guanidine groups is 1. The van der Waals surface area contributed by atoms with Crippen molar-refractivity contribution in [2.24, 2.45) is 4.99 Å². The number of hydrogen-bond donors (Lipinski definition) is 2. The molecule has 2 N–H and O–H groups in total. The molecule has 0 aliphatic carbocycles. The van der Waals surface area contributed by atoms with Crippen LogP contribution in [0.1, 0.15) is 28.1 Å². The number of halogens is 1. The summed E-state index contributed by atoms with van der Waals surface area (Å²) in [6.45, 7) is 8.75. The van der Waals surface area contributed by atoms with Gasteiger partial charge in [0, 0.05) is 30.9 Å². The van der Waals surface area contributed by atoms with Crippen LogP contribution in [0.25, 0.3) is 0 Å². The summed E-state index contributed by atoms with van der Waals surface area (Å²) in [4.78, 5) is 10.5. The van der Waals surface area contributed by atoms with Crippen LogP contribution < -0.4 is 10.6 Å². The molecule has 6 heteroatoms. The minimum absolute atomic E-state index is 0. The number of nitrogens with zero attached hydrogens (tertiary/aromatic N) is 2. The van der Waals surface area contributed by atoms with Crippen molar-refractivity contribution in [1.82, 2.24) is 15.6 Å². The molecule has 1 heterocycles. The molecule has 0 radical (unpaired) electrons. The number of benzene rings is 1. The third kappa shape index (κ3) is 7.17. The number of aliphatic imine (C=N–C) groups is 1. The van der Waals surface area contributed by atoms with E-state index in [-0.39, 0.29) is 24.0 Å². The molecule has 0 aliphatic rings. The van der Waals surface area contributed by atoms with E-state index in [0.717, 1.165) is 49.1 Å². The van der Waals surface area contributed by atoms with E-state index in [2.05, 4.69) is 65.6 Å². The second-order valence-corrected chi connectivity index (χ2v) is 6.70. The van der Waals surface area contributed by atoms with Crippen LogP contribution in [-0.2, 0) is 12.8 Å². The molecule has 0 saturated heterocycles. The van der Waals surface area contributed by atoms with Gasteiger partial charge in [0.25, 0.3) is 0 Å². The summed E-state index contributed by atoms with van der Waals surface area (Å²) in [5.41, 5.74) is 2.48. The summed E-state index contributed by atoms with van der Waals surface area (Å²) >= 11 is 1.77. The van der Waals surface area contributed by atoms with Crippen LogP contribution in [0.4, 0.5) is 0 Å². The number of aromatic nitrogens is 1. The number of hydrogen-bond acceptors (Lipinski definition) is 3. The zero-order valence-electron chi connectivity index (χ0n) is 14.6. The number of nitrogens with one attached hydrogen (secondary N) is 2. The highest BCUT2D eigenvalue weighted by molar-refractivity contribution is 14.0. The van der Waals surface area contributed by atoms with E-state index >= 15 is 0 Å². The molecule has 0 aliphatic heterocycles. The molecule has 0 saturated carbocycles. The molecule has 2 rings (SSSR count). The number of rotatable bonds is 7. The first-order chi connectivity index (χ1) is 11.2. The highest BCUT2D eigenvalue weighted by Crippen LogP contribution is 2.17. The Hall–Kier alpha value is -1.15. The molecular formula is C18H27IN4S. The first-order valence-electron chi connectivity index (χ1n) is 8.18. The fraction of sp³-hybridized carbons (Fsp3) is 0.444. The van der Waals surface area contributed by atoms with Gasteiger partial charge in [-0.3, -0.25) is 4.99 Å². The van der Waals surface area contributed by atoms with Gasteiger partial charge in [0.15, 0.2) is 5.96 Å². The Morgan fingerprint density at radius 3 is 2.50 bits per heavy atom. The first-order valence-corrected chi connectivity index (χ1v) is 8.99. The molecule has 1 aromatic heterocycles. The average molecular weight is 458 g/mol. The van der Waals surface area contributed by atoms with Crippen LogP contribution in [0.3, 0.4) is 0 Å². The van der Waals surface area contributed by atoms with Crippen molar-refractivity contribution in [2.45, 2.75) is 33.6 Å². The van der Waals surface area contributed by atoms with E-state index in [1.54, 1.807) is 11.3 Å². The molecule has 0 unspecified atom stereocenters. The van der Waals surface area contributed by atoms with Crippen molar-refractivity contribution in [1.29, 1.82) is 0 Å². The fourth-order valence-corrected chi connectivity index (χ4v) is 3.31. The van der Waals surface area contributed by atoms with Crippen LogP contribution in [0.15, 0.2) is 35.3 Å². The van der Waals surface area contributed by atoms with Gasteiger partial charge in [-0.05, 0) is 32.8 Å². The quantitative estimate of drug-likeness (QED) is 0.378. The molecule has 0 fully saturated rings. The lowest BCUT2D eigenvalue weighted by Crippen LogP contribution is -2.38. The topological polar surface area (TPSA) is 49.3 Å². The predicted molar refractivity (Wildman–Crippen MR) is 115 cm³/mol. The van der Waals surface area contributed by atoms with Crippen LogP contribution in [0.2, 0.25) is 0 Å². The summed E-state index contributed by atoms with van der Waals surface area (Å²) < 4.78 is 0. The third-order valence-corrected chi connectivity index (χ3v) is 4.63. The van der Waals surface area contributed by atoms with Crippen LogP contribution in [0.5, 0.6) is 0 Å². The first kappa shape index (κ1) is 20.9. The van der Waals surface area contributed by atoms with Crippen molar-refractivity contribution < 1.29 is 0 Å². The maximum atomic E-state index is 4.66. The lowest BCUT2D eigenvalue weighted by molar-refractivity contribution is 0.797. The lowest BCUT2D eigenvalue weighted by Gasteiger charge is -2.11. The van der Waals surface area contributed by atoms with E-state index in [1.165, 1.54) is 10.4 Å². The molecule has 1 aromatic carbocycles. The maximum absolute atomic E-state index is 4.66. The van der Waals surface area contributed by atoms with Gasteiger partial charge < -0.3 is 10.6 Å². The minimum atomic E-state index is 0. The highest BCUT2D eigenvalue weighted by Gasteiger charge is 2.04. The Balaban J connectivity index is 0.00000288. The Bertz CT molecular complexity index is 625. The number of aryl methyl sites for hydroxylation is 2. The van der Waals surface area contributed by atoms with Crippen molar-refractivity contribution in [2.75, 3.05) is 19.6 Å². The fourth-order valence-electron chi connectivity index (χ4n) is 2.39. The van der Waals surface area contributed by atoms with Crippen LogP contribution in [-0.4, -0.2) is 30.6 Å². The predicted octanol–water partition coefficient (Wildman–Crippen LogP) is 3.72. The normalized spacial score (nSPS) is 11.0. The van der Waals surface area contributed by atoms with Crippen LogP contribution in [0, 0.1) is 13.8 Å². The molecule has 0 bridgehead atoms. The zero-order valence-corrected chi connectivity index (χ0v) is 17.8. The van der Waals surface area contributed by atoms with Crippen molar-refractivity contribution in [3.05, 3.63) is 51.5 Å². The van der Waals surface area contributed by atoms with Gasteiger partial charge in [-0.25, -0.2) is 4.98 Å². The molecule has 132 valence electrons. The van der Waals surface area contributed by atoms with Crippen molar-refractivity contribution in [3.8, 4) is 0 Å². The molecule has 0 spiro atoms. The maximum Gasteiger partial charge on any atom is 0.191 e. The van der Waals surface area contributed by atoms with E-state index in [0.29, 0.717) is 0 Å². The Morgan fingerprint density at radius 1 is 1.12 bits per heavy atom. The van der Waals surface area contributed by atoms with E-state index in [4.69, 9.17) is 0 Å². The van der Waals surface area contributed by atoms with Gasteiger partial charge in [0.2, 0.25) is 0 Å². The average Bonchev–Trinajstić information content (AvgIpc) is 2.86. The molecule has 0 amide bonds. The zero-order chi connectivity index (χ0) is 16.5. The van der Waals surface area contributed by atoms with Gasteiger partial charge in [0.05, 0.1) is 10.7 Å². The van der Waals surface area contributed by atoms with E-state index in [9.17, 15) is 0 Å². The summed E-state index contributed by atoms with van der Waals surface area (Å²) in [5, 5.41) is 7.84. The Morgan fingerprint density at radius 2 is 1.88 bits per heavy atom. The molecular weight excluding hydrogens is 431 g/mol. The van der Waals surface area contributed by atoms with Gasteiger partial charge in [-0.2, -0.15) is 0 Å². The van der Waals surface area contributed by atoms with Gasteiger partial charge in [-0.1, -0.05) is 30.3 Å². The summed E-state index contributed by atoms with van der Waals surface area (Å²) in [6.07, 6.45) is 1.95. The van der Waals surface area contributed by atoms with Gasteiger partial charge >= 0.3 is 0 Å². The third-order valence-electron chi connectivity index (χ3n) is 3.50. The second-order valence-electron chi connectivity index (χ2n) is 5.41. The summed E-state index contributed by atoms with van der Waals surface area (Å²) in [5.74, 6) is 0.891. The number of thiazole rings is 1. The van der Waals surface area contributed by atoms with Gasteiger partial charge in [-0.15, -0.1) is 35.3 Å². The molecule has 0 atom stereocenters. The second kappa shape index (κ2) is 11.4. The molecule has 4 nitrogen and oxygen atoms in total. The lowest BCUT2D eigenvalue weighted by atomic mass is 10.1. The SMILES string of the molecule is CCNC(=NCCc1sc(C)nc1C)NCCc1ccccc1.I. The Kier molecular flexibility index (Phi) is 9.94. The van der Waals surface area contributed by atoms with Crippen molar-refractivity contribution >= 4 is 41.3 Å². The van der Waals surface area contributed by atoms with Crippen LogP contribution >= 0.6 is 35.3 Å². The molecule has 2 aromatic rings. The van der Waals surface area contributed by atoms with Gasteiger partial charge in [0.1, 0.15) is 0 Å². The van der Waals surface area contributed by atoms with E-state index < -0.39 is 0 Å². The molecule has 24 heavy (non-hydrogen) atoms. The van der Waals surface area contributed by atoms with Crippen molar-refractivity contribution in [3.63, 3.8) is 0 Å².